The Hall–Kier alpha value is -2.76. The highest BCUT2D eigenvalue weighted by atomic mass is 16.5. The summed E-state index contributed by atoms with van der Waals surface area (Å²) in [4.78, 5) is 8.60. The van der Waals surface area contributed by atoms with E-state index in [0.717, 1.165) is 48.1 Å². The summed E-state index contributed by atoms with van der Waals surface area (Å²) in [6.45, 7) is 3.45. The molecule has 2 heterocycles. The minimum absolute atomic E-state index is 0.221. The molecule has 1 atom stereocenters. The molecule has 0 saturated heterocycles. The molecule has 0 bridgehead atoms. The molecule has 0 radical (unpaired) electrons. The molecule has 1 unspecified atom stereocenters. The van der Waals surface area contributed by atoms with Gasteiger partial charge in [0.2, 0.25) is 0 Å². The van der Waals surface area contributed by atoms with Crippen molar-refractivity contribution in [2.45, 2.75) is 32.4 Å². The molecule has 6 nitrogen and oxygen atoms in total. The van der Waals surface area contributed by atoms with Gasteiger partial charge in [-0.05, 0) is 31.2 Å². The first-order chi connectivity index (χ1) is 12.7. The van der Waals surface area contributed by atoms with E-state index in [0.29, 0.717) is 6.54 Å². The molecule has 0 aliphatic carbocycles. The zero-order valence-electron chi connectivity index (χ0n) is 15.6. The molecule has 1 aromatic heterocycles. The quantitative estimate of drug-likeness (QED) is 0.616. The highest BCUT2D eigenvalue weighted by Crippen LogP contribution is 2.34. The van der Waals surface area contributed by atoms with Crippen LogP contribution in [0.25, 0.3) is 0 Å². The number of methoxy groups -OCH3 is 1. The van der Waals surface area contributed by atoms with Crippen molar-refractivity contribution in [3.05, 3.63) is 53.3 Å². The normalized spacial score (nSPS) is 16.0. The number of aliphatic imine (C=N–C) groups is 1. The van der Waals surface area contributed by atoms with Gasteiger partial charge in [0.25, 0.3) is 0 Å². The van der Waals surface area contributed by atoms with Crippen LogP contribution in [0.5, 0.6) is 11.5 Å². The number of hydrogen-bond acceptors (Lipinski definition) is 4. The van der Waals surface area contributed by atoms with Gasteiger partial charge in [-0.15, -0.1) is 0 Å². The van der Waals surface area contributed by atoms with Gasteiger partial charge in [-0.25, -0.2) is 0 Å². The lowest BCUT2D eigenvalue weighted by atomic mass is 10.1. The number of nitrogens with zero attached hydrogens (tertiary/aromatic N) is 2. The van der Waals surface area contributed by atoms with Gasteiger partial charge in [0.05, 0.1) is 7.11 Å². The monoisotopic (exact) mass is 354 g/mol. The smallest absolute Gasteiger partial charge is 0.191 e. The average molecular weight is 354 g/mol. The maximum absolute atomic E-state index is 5.86. The Morgan fingerprint density at radius 1 is 1.35 bits per heavy atom. The van der Waals surface area contributed by atoms with Crippen molar-refractivity contribution in [1.82, 2.24) is 15.6 Å². The van der Waals surface area contributed by atoms with Gasteiger partial charge in [-0.3, -0.25) is 9.98 Å². The molecule has 0 amide bonds. The van der Waals surface area contributed by atoms with Crippen molar-refractivity contribution in [2.24, 2.45) is 4.99 Å². The fourth-order valence-corrected chi connectivity index (χ4v) is 3.06. The first kappa shape index (κ1) is 18.0. The van der Waals surface area contributed by atoms with Crippen LogP contribution in [0.3, 0.4) is 0 Å². The topological polar surface area (TPSA) is 67.8 Å². The van der Waals surface area contributed by atoms with E-state index < -0.39 is 0 Å². The minimum atomic E-state index is 0.221. The zero-order valence-corrected chi connectivity index (χ0v) is 15.6. The Kier molecular flexibility index (Phi) is 5.94. The van der Waals surface area contributed by atoms with Crippen LogP contribution in [0, 0.1) is 0 Å². The summed E-state index contributed by atoms with van der Waals surface area (Å²) in [5, 5.41) is 6.64. The van der Waals surface area contributed by atoms with E-state index in [-0.39, 0.29) is 6.10 Å². The third kappa shape index (κ3) is 4.45. The van der Waals surface area contributed by atoms with Crippen molar-refractivity contribution in [3.8, 4) is 11.5 Å². The third-order valence-corrected chi connectivity index (χ3v) is 4.37. The predicted octanol–water partition coefficient (Wildman–Crippen LogP) is 2.32. The van der Waals surface area contributed by atoms with Crippen LogP contribution in [0.2, 0.25) is 0 Å². The number of guanidine groups is 1. The summed E-state index contributed by atoms with van der Waals surface area (Å²) in [6, 6.07) is 10.1. The van der Waals surface area contributed by atoms with Gasteiger partial charge < -0.3 is 20.1 Å². The number of aromatic nitrogens is 1. The first-order valence-corrected chi connectivity index (χ1v) is 8.90. The van der Waals surface area contributed by atoms with E-state index in [1.807, 2.05) is 24.4 Å². The van der Waals surface area contributed by atoms with Crippen LogP contribution < -0.4 is 20.1 Å². The van der Waals surface area contributed by atoms with Gasteiger partial charge in [-0.1, -0.05) is 6.07 Å². The van der Waals surface area contributed by atoms with E-state index in [1.54, 1.807) is 14.2 Å². The Morgan fingerprint density at radius 2 is 2.23 bits per heavy atom. The number of pyridine rings is 1. The number of fused-ring (bicyclic) bond motifs is 1. The maximum atomic E-state index is 5.86. The molecule has 2 aromatic rings. The zero-order chi connectivity index (χ0) is 18.4. The number of hydrogen-bond donors (Lipinski definition) is 2. The SMILES string of the molecule is CN=C(NCCc1ccccn1)NCc1cc2c(cc1OC)CC(C)O2. The lowest BCUT2D eigenvalue weighted by molar-refractivity contribution is 0.254. The molecule has 0 saturated carbocycles. The molecule has 6 heteroatoms. The molecular formula is C20H26N4O2. The molecule has 1 aliphatic rings. The van der Waals surface area contributed by atoms with Gasteiger partial charge in [0.15, 0.2) is 5.96 Å². The van der Waals surface area contributed by atoms with Crippen LogP contribution >= 0.6 is 0 Å². The first-order valence-electron chi connectivity index (χ1n) is 8.90. The number of rotatable bonds is 6. The highest BCUT2D eigenvalue weighted by molar-refractivity contribution is 5.79. The summed E-state index contributed by atoms with van der Waals surface area (Å²) in [5.41, 5.74) is 3.31. The van der Waals surface area contributed by atoms with Crippen LogP contribution in [0.4, 0.5) is 0 Å². The highest BCUT2D eigenvalue weighted by Gasteiger charge is 2.21. The predicted molar refractivity (Wildman–Crippen MR) is 103 cm³/mol. The van der Waals surface area contributed by atoms with Gasteiger partial charge in [0, 0.05) is 56.0 Å². The fourth-order valence-electron chi connectivity index (χ4n) is 3.06. The Morgan fingerprint density at radius 3 is 2.96 bits per heavy atom. The second-order valence-electron chi connectivity index (χ2n) is 6.33. The van der Waals surface area contributed by atoms with Gasteiger partial charge in [0.1, 0.15) is 17.6 Å². The summed E-state index contributed by atoms with van der Waals surface area (Å²) < 4.78 is 11.4. The lowest BCUT2D eigenvalue weighted by Crippen LogP contribution is -2.38. The van der Waals surface area contributed by atoms with E-state index >= 15 is 0 Å². The second kappa shape index (κ2) is 8.56. The molecular weight excluding hydrogens is 328 g/mol. The van der Waals surface area contributed by atoms with Gasteiger partial charge in [-0.2, -0.15) is 0 Å². The summed E-state index contributed by atoms with van der Waals surface area (Å²) in [6.07, 6.45) is 3.80. The molecule has 3 rings (SSSR count). The largest absolute Gasteiger partial charge is 0.496 e. The number of benzene rings is 1. The van der Waals surface area contributed by atoms with E-state index in [9.17, 15) is 0 Å². The number of ether oxygens (including phenoxy) is 2. The summed E-state index contributed by atoms with van der Waals surface area (Å²) >= 11 is 0. The standard InChI is InChI=1S/C20H26N4O2/c1-14-10-15-11-18(25-3)16(12-19(15)26-14)13-24-20(21-2)23-9-7-17-6-4-5-8-22-17/h4-6,8,11-12,14H,7,9-10,13H2,1-3H3,(H2,21,23,24). The van der Waals surface area contributed by atoms with E-state index in [4.69, 9.17) is 9.47 Å². The van der Waals surface area contributed by atoms with Crippen LogP contribution in [-0.4, -0.2) is 37.7 Å². The molecule has 0 spiro atoms. The minimum Gasteiger partial charge on any atom is -0.496 e. The summed E-state index contributed by atoms with van der Waals surface area (Å²) in [7, 11) is 3.46. The average Bonchev–Trinajstić information content (AvgIpc) is 3.03. The Bertz CT molecular complexity index is 762. The van der Waals surface area contributed by atoms with Crippen molar-refractivity contribution >= 4 is 5.96 Å². The van der Waals surface area contributed by atoms with Gasteiger partial charge >= 0.3 is 0 Å². The van der Waals surface area contributed by atoms with Crippen molar-refractivity contribution in [1.29, 1.82) is 0 Å². The van der Waals surface area contributed by atoms with Crippen LogP contribution in [-0.2, 0) is 19.4 Å². The molecule has 2 N–H and O–H groups in total. The lowest BCUT2D eigenvalue weighted by Gasteiger charge is -2.15. The fraction of sp³-hybridized carbons (Fsp3) is 0.400. The molecule has 26 heavy (non-hydrogen) atoms. The molecule has 138 valence electrons. The van der Waals surface area contributed by atoms with E-state index in [1.165, 1.54) is 5.56 Å². The van der Waals surface area contributed by atoms with E-state index in [2.05, 4.69) is 39.7 Å². The third-order valence-electron chi connectivity index (χ3n) is 4.37. The second-order valence-corrected chi connectivity index (χ2v) is 6.33. The van der Waals surface area contributed by atoms with Crippen LogP contribution in [0.15, 0.2) is 41.5 Å². The molecule has 1 aliphatic heterocycles. The maximum Gasteiger partial charge on any atom is 0.191 e. The molecule has 0 fully saturated rings. The Balaban J connectivity index is 1.56. The Labute approximate surface area is 154 Å². The molecule has 1 aromatic carbocycles. The van der Waals surface area contributed by atoms with Crippen LogP contribution in [0.1, 0.15) is 23.7 Å². The van der Waals surface area contributed by atoms with Crippen molar-refractivity contribution < 1.29 is 9.47 Å². The number of nitrogens with one attached hydrogen (secondary N) is 2. The van der Waals surface area contributed by atoms with Crippen molar-refractivity contribution in [2.75, 3.05) is 20.7 Å². The van der Waals surface area contributed by atoms with Crippen molar-refractivity contribution in [3.63, 3.8) is 0 Å². The summed E-state index contributed by atoms with van der Waals surface area (Å²) in [5.74, 6) is 2.57.